The number of aromatic nitrogens is 2. The summed E-state index contributed by atoms with van der Waals surface area (Å²) in [6, 6.07) is 0.214. The standard InChI is InChI=1S/C14H28N4O/c1-11(2)10-18(6-7-19-5)14(8-15)13-9-16-17(4)12(13)3/h9,11,14H,6-8,10,15H2,1-5H3. The first-order valence-corrected chi connectivity index (χ1v) is 6.92. The number of hydrogen-bond donors (Lipinski definition) is 1. The van der Waals surface area contributed by atoms with Crippen molar-refractivity contribution in [2.75, 3.05) is 33.4 Å². The van der Waals surface area contributed by atoms with E-state index in [1.807, 2.05) is 17.9 Å². The van der Waals surface area contributed by atoms with Crippen LogP contribution in [-0.2, 0) is 11.8 Å². The SMILES string of the molecule is COCCN(CC(C)C)C(CN)c1cnn(C)c1C. The van der Waals surface area contributed by atoms with Gasteiger partial charge in [-0.05, 0) is 12.8 Å². The molecule has 0 aromatic carbocycles. The Hall–Kier alpha value is -0.910. The van der Waals surface area contributed by atoms with E-state index in [0.29, 0.717) is 12.5 Å². The van der Waals surface area contributed by atoms with Crippen molar-refractivity contribution in [2.45, 2.75) is 26.8 Å². The molecular weight excluding hydrogens is 240 g/mol. The van der Waals surface area contributed by atoms with Crippen LogP contribution in [-0.4, -0.2) is 48.0 Å². The van der Waals surface area contributed by atoms with E-state index in [-0.39, 0.29) is 6.04 Å². The Morgan fingerprint density at radius 3 is 2.58 bits per heavy atom. The van der Waals surface area contributed by atoms with Crippen LogP contribution in [0.3, 0.4) is 0 Å². The van der Waals surface area contributed by atoms with Crippen molar-refractivity contribution in [1.82, 2.24) is 14.7 Å². The molecule has 0 bridgehead atoms. The van der Waals surface area contributed by atoms with Gasteiger partial charge in [0.25, 0.3) is 0 Å². The van der Waals surface area contributed by atoms with Crippen molar-refractivity contribution < 1.29 is 4.74 Å². The molecule has 5 nitrogen and oxygen atoms in total. The number of hydrogen-bond acceptors (Lipinski definition) is 4. The Morgan fingerprint density at radius 2 is 2.16 bits per heavy atom. The summed E-state index contributed by atoms with van der Waals surface area (Å²) >= 11 is 0. The molecule has 1 unspecified atom stereocenters. The average molecular weight is 268 g/mol. The predicted molar refractivity (Wildman–Crippen MR) is 78.0 cm³/mol. The lowest BCUT2D eigenvalue weighted by molar-refractivity contribution is 0.111. The quantitative estimate of drug-likeness (QED) is 0.773. The van der Waals surface area contributed by atoms with E-state index in [1.54, 1.807) is 7.11 Å². The van der Waals surface area contributed by atoms with Crippen LogP contribution in [0.4, 0.5) is 0 Å². The molecule has 0 aliphatic heterocycles. The second-order valence-corrected chi connectivity index (χ2v) is 5.44. The summed E-state index contributed by atoms with van der Waals surface area (Å²) in [4.78, 5) is 2.40. The summed E-state index contributed by atoms with van der Waals surface area (Å²) in [6.07, 6.45) is 1.94. The Balaban J connectivity index is 2.91. The molecule has 0 aliphatic rings. The van der Waals surface area contributed by atoms with Gasteiger partial charge in [0, 0.05) is 45.0 Å². The smallest absolute Gasteiger partial charge is 0.0589 e. The number of nitrogens with two attached hydrogens (primary N) is 1. The molecule has 1 aromatic heterocycles. The predicted octanol–water partition coefficient (Wildman–Crippen LogP) is 1.33. The van der Waals surface area contributed by atoms with Crippen molar-refractivity contribution in [2.24, 2.45) is 18.7 Å². The molecule has 110 valence electrons. The highest BCUT2D eigenvalue weighted by Crippen LogP contribution is 2.23. The second-order valence-electron chi connectivity index (χ2n) is 5.44. The molecule has 19 heavy (non-hydrogen) atoms. The molecule has 2 N–H and O–H groups in total. The first-order chi connectivity index (χ1) is 9.01. The van der Waals surface area contributed by atoms with Gasteiger partial charge in [0.05, 0.1) is 18.8 Å². The lowest BCUT2D eigenvalue weighted by atomic mass is 10.0. The van der Waals surface area contributed by atoms with Gasteiger partial charge >= 0.3 is 0 Å². The monoisotopic (exact) mass is 268 g/mol. The average Bonchev–Trinajstić information content (AvgIpc) is 2.68. The summed E-state index contributed by atoms with van der Waals surface area (Å²) < 4.78 is 7.12. The van der Waals surface area contributed by atoms with E-state index >= 15 is 0 Å². The Labute approximate surface area is 116 Å². The van der Waals surface area contributed by atoms with Gasteiger partial charge in [0.2, 0.25) is 0 Å². The maximum Gasteiger partial charge on any atom is 0.0589 e. The molecule has 5 heteroatoms. The third kappa shape index (κ3) is 4.30. The van der Waals surface area contributed by atoms with Crippen LogP contribution in [0.15, 0.2) is 6.20 Å². The van der Waals surface area contributed by atoms with Crippen LogP contribution in [0.5, 0.6) is 0 Å². The summed E-state index contributed by atoms with van der Waals surface area (Å²) in [5.74, 6) is 0.600. The third-order valence-electron chi connectivity index (χ3n) is 3.48. The van der Waals surface area contributed by atoms with E-state index in [9.17, 15) is 0 Å². The minimum atomic E-state index is 0.214. The summed E-state index contributed by atoms with van der Waals surface area (Å²) in [7, 11) is 3.70. The summed E-state index contributed by atoms with van der Waals surface area (Å²) in [5.41, 5.74) is 8.42. The van der Waals surface area contributed by atoms with Crippen molar-refractivity contribution in [1.29, 1.82) is 0 Å². The van der Waals surface area contributed by atoms with Crippen molar-refractivity contribution >= 4 is 0 Å². The topological polar surface area (TPSA) is 56.3 Å². The maximum absolute atomic E-state index is 6.01. The third-order valence-corrected chi connectivity index (χ3v) is 3.48. The second kappa shape index (κ2) is 7.62. The van der Waals surface area contributed by atoms with Gasteiger partial charge in [0.1, 0.15) is 0 Å². The number of ether oxygens (including phenoxy) is 1. The Bertz CT molecular complexity index is 376. The molecule has 0 aliphatic carbocycles. The first-order valence-electron chi connectivity index (χ1n) is 6.92. The largest absolute Gasteiger partial charge is 0.383 e. The number of aryl methyl sites for hydroxylation is 1. The lowest BCUT2D eigenvalue weighted by Crippen LogP contribution is -2.38. The molecule has 0 saturated carbocycles. The van der Waals surface area contributed by atoms with Crippen molar-refractivity contribution in [3.8, 4) is 0 Å². The van der Waals surface area contributed by atoms with Gasteiger partial charge in [0.15, 0.2) is 0 Å². The zero-order valence-electron chi connectivity index (χ0n) is 12.9. The molecular formula is C14H28N4O. The Morgan fingerprint density at radius 1 is 1.47 bits per heavy atom. The van der Waals surface area contributed by atoms with E-state index in [2.05, 4.69) is 30.8 Å². The lowest BCUT2D eigenvalue weighted by Gasteiger charge is -2.32. The minimum absolute atomic E-state index is 0.214. The minimum Gasteiger partial charge on any atom is -0.383 e. The fourth-order valence-electron chi connectivity index (χ4n) is 2.37. The highest BCUT2D eigenvalue weighted by atomic mass is 16.5. The molecule has 0 radical (unpaired) electrons. The van der Waals surface area contributed by atoms with E-state index in [0.717, 1.165) is 19.7 Å². The van der Waals surface area contributed by atoms with Crippen LogP contribution in [0.25, 0.3) is 0 Å². The Kier molecular flexibility index (Phi) is 6.48. The van der Waals surface area contributed by atoms with E-state index < -0.39 is 0 Å². The maximum atomic E-state index is 6.01. The van der Waals surface area contributed by atoms with Crippen LogP contribution in [0, 0.1) is 12.8 Å². The first kappa shape index (κ1) is 16.1. The highest BCUT2D eigenvalue weighted by Gasteiger charge is 2.23. The zero-order valence-corrected chi connectivity index (χ0v) is 12.9. The van der Waals surface area contributed by atoms with Gasteiger partial charge in [-0.25, -0.2) is 0 Å². The van der Waals surface area contributed by atoms with Gasteiger partial charge in [-0.2, -0.15) is 5.10 Å². The van der Waals surface area contributed by atoms with Crippen LogP contribution >= 0.6 is 0 Å². The van der Waals surface area contributed by atoms with E-state index in [1.165, 1.54) is 11.3 Å². The molecule has 1 aromatic rings. The molecule has 1 atom stereocenters. The van der Waals surface area contributed by atoms with Crippen molar-refractivity contribution in [3.05, 3.63) is 17.5 Å². The van der Waals surface area contributed by atoms with E-state index in [4.69, 9.17) is 10.5 Å². The number of nitrogens with zero attached hydrogens (tertiary/aromatic N) is 3. The molecule has 0 amide bonds. The van der Waals surface area contributed by atoms with Crippen LogP contribution < -0.4 is 5.73 Å². The molecule has 1 heterocycles. The van der Waals surface area contributed by atoms with Gasteiger partial charge < -0.3 is 10.5 Å². The van der Waals surface area contributed by atoms with Crippen LogP contribution in [0.2, 0.25) is 0 Å². The summed E-state index contributed by atoms with van der Waals surface area (Å²) in [6.45, 7) is 9.78. The van der Waals surface area contributed by atoms with Crippen LogP contribution in [0.1, 0.15) is 31.1 Å². The normalized spacial score (nSPS) is 13.5. The number of methoxy groups -OCH3 is 1. The molecule has 0 saturated heterocycles. The fourth-order valence-corrected chi connectivity index (χ4v) is 2.37. The van der Waals surface area contributed by atoms with Gasteiger partial charge in [-0.15, -0.1) is 0 Å². The van der Waals surface area contributed by atoms with Crippen molar-refractivity contribution in [3.63, 3.8) is 0 Å². The molecule has 1 rings (SSSR count). The number of rotatable bonds is 8. The van der Waals surface area contributed by atoms with Gasteiger partial charge in [-0.3, -0.25) is 9.58 Å². The fraction of sp³-hybridized carbons (Fsp3) is 0.786. The zero-order chi connectivity index (χ0) is 14.4. The molecule has 0 fully saturated rings. The summed E-state index contributed by atoms with van der Waals surface area (Å²) in [5, 5.41) is 4.33. The van der Waals surface area contributed by atoms with Gasteiger partial charge in [-0.1, -0.05) is 13.8 Å². The highest BCUT2D eigenvalue weighted by molar-refractivity contribution is 5.21. The molecule has 0 spiro atoms.